The molecule has 68 valence electrons. The number of methoxy groups -OCH3 is 1. The molecular weight excluding hydrogens is 190 g/mol. The third-order valence-electron chi connectivity index (χ3n) is 1.73. The summed E-state index contributed by atoms with van der Waals surface area (Å²) >= 11 is 1.01. The molecule has 2 aromatic rings. The van der Waals surface area contributed by atoms with Crippen LogP contribution in [-0.4, -0.2) is 21.0 Å². The third kappa shape index (κ3) is 1.06. The van der Waals surface area contributed by atoms with Crippen LogP contribution in [0, 0.1) is 0 Å². The van der Waals surface area contributed by atoms with E-state index in [9.17, 15) is 5.11 Å². The van der Waals surface area contributed by atoms with E-state index in [-0.39, 0.29) is 11.4 Å². The number of hydrogen-bond acceptors (Lipinski definition) is 6. The quantitative estimate of drug-likeness (QED) is 0.526. The number of phenolic OH excluding ortho intramolecular Hbond substituents is 1. The number of hydrogen-bond donors (Lipinski definition) is 2. The zero-order valence-electron chi connectivity index (χ0n) is 6.81. The van der Waals surface area contributed by atoms with E-state index in [1.165, 1.54) is 13.2 Å². The topological polar surface area (TPSA) is 81.3 Å². The fraction of sp³-hybridized carbons (Fsp3) is 0.143. The van der Waals surface area contributed by atoms with Gasteiger partial charge < -0.3 is 15.6 Å². The molecule has 0 aliphatic rings. The highest BCUT2D eigenvalue weighted by Gasteiger charge is 2.13. The van der Waals surface area contributed by atoms with Crippen molar-refractivity contribution in [2.24, 2.45) is 0 Å². The monoisotopic (exact) mass is 197 g/mol. The smallest absolute Gasteiger partial charge is 0.168 e. The summed E-state index contributed by atoms with van der Waals surface area (Å²) in [5.74, 6) is 0.489. The summed E-state index contributed by atoms with van der Waals surface area (Å²) in [5, 5.41) is 9.49. The van der Waals surface area contributed by atoms with E-state index in [2.05, 4.69) is 8.75 Å². The van der Waals surface area contributed by atoms with E-state index in [0.717, 1.165) is 11.7 Å². The number of phenols is 1. The van der Waals surface area contributed by atoms with Gasteiger partial charge in [0.05, 0.1) is 24.5 Å². The minimum absolute atomic E-state index is 0.0375. The molecule has 5 nitrogen and oxygen atoms in total. The van der Waals surface area contributed by atoms with Crippen LogP contribution in [0.2, 0.25) is 0 Å². The van der Waals surface area contributed by atoms with Gasteiger partial charge >= 0.3 is 0 Å². The van der Waals surface area contributed by atoms with Gasteiger partial charge in [0.25, 0.3) is 0 Å². The van der Waals surface area contributed by atoms with Gasteiger partial charge in [0.2, 0.25) is 0 Å². The molecule has 13 heavy (non-hydrogen) atoms. The first-order valence-electron chi connectivity index (χ1n) is 3.51. The average molecular weight is 197 g/mol. The fourth-order valence-electron chi connectivity index (χ4n) is 1.08. The van der Waals surface area contributed by atoms with Crippen LogP contribution in [-0.2, 0) is 0 Å². The number of anilines is 1. The molecule has 0 saturated heterocycles. The van der Waals surface area contributed by atoms with Crippen molar-refractivity contribution in [3.63, 3.8) is 0 Å². The van der Waals surface area contributed by atoms with Gasteiger partial charge in [-0.25, -0.2) is 0 Å². The SMILES string of the molecule is COc1cc(N)c(O)c2nsnc12. The third-order valence-corrected chi connectivity index (χ3v) is 2.25. The summed E-state index contributed by atoms with van der Waals surface area (Å²) in [4.78, 5) is 0. The number of aromatic hydroxyl groups is 1. The maximum Gasteiger partial charge on any atom is 0.168 e. The van der Waals surface area contributed by atoms with E-state index in [4.69, 9.17) is 10.5 Å². The molecule has 0 spiro atoms. The fourth-order valence-corrected chi connectivity index (χ4v) is 1.63. The second-order valence-electron chi connectivity index (χ2n) is 2.48. The Kier molecular flexibility index (Phi) is 1.70. The number of nitrogens with two attached hydrogens (primary N) is 1. The summed E-state index contributed by atoms with van der Waals surface area (Å²) in [5.41, 5.74) is 6.71. The minimum atomic E-state index is -0.0375. The van der Waals surface area contributed by atoms with Gasteiger partial charge in [0.15, 0.2) is 16.8 Å². The second-order valence-corrected chi connectivity index (χ2v) is 3.01. The molecule has 1 aromatic heterocycles. The highest BCUT2D eigenvalue weighted by Crippen LogP contribution is 2.35. The molecule has 1 heterocycles. The molecule has 0 radical (unpaired) electrons. The van der Waals surface area contributed by atoms with E-state index in [0.29, 0.717) is 16.8 Å². The molecule has 0 bridgehead atoms. The molecule has 1 aromatic carbocycles. The highest BCUT2D eigenvalue weighted by molar-refractivity contribution is 7.00. The molecule has 0 saturated carbocycles. The number of fused-ring (bicyclic) bond motifs is 1. The molecule has 0 fully saturated rings. The Labute approximate surface area is 78.1 Å². The lowest BCUT2D eigenvalue weighted by molar-refractivity contribution is 0.418. The maximum atomic E-state index is 9.49. The van der Waals surface area contributed by atoms with E-state index < -0.39 is 0 Å². The molecule has 2 rings (SSSR count). The maximum absolute atomic E-state index is 9.49. The number of nitrogen functional groups attached to an aromatic ring is 1. The van der Waals surface area contributed by atoms with Gasteiger partial charge in [-0.3, -0.25) is 0 Å². The van der Waals surface area contributed by atoms with Crippen LogP contribution in [0.4, 0.5) is 5.69 Å². The van der Waals surface area contributed by atoms with Crippen LogP contribution in [0.5, 0.6) is 11.5 Å². The lowest BCUT2D eigenvalue weighted by atomic mass is 10.2. The first-order valence-corrected chi connectivity index (χ1v) is 4.24. The molecule has 0 aliphatic carbocycles. The van der Waals surface area contributed by atoms with Crippen LogP contribution in [0.25, 0.3) is 11.0 Å². The first kappa shape index (κ1) is 8.06. The van der Waals surface area contributed by atoms with E-state index in [1.54, 1.807) is 0 Å². The summed E-state index contributed by atoms with van der Waals surface area (Å²) in [6, 6.07) is 1.53. The van der Waals surface area contributed by atoms with Crippen molar-refractivity contribution >= 4 is 28.4 Å². The van der Waals surface area contributed by atoms with Crippen LogP contribution >= 0.6 is 11.7 Å². The average Bonchev–Trinajstić information content (AvgIpc) is 2.60. The van der Waals surface area contributed by atoms with E-state index >= 15 is 0 Å². The van der Waals surface area contributed by atoms with Crippen LogP contribution in [0.15, 0.2) is 6.07 Å². The molecule has 0 aliphatic heterocycles. The van der Waals surface area contributed by atoms with Crippen molar-refractivity contribution in [2.45, 2.75) is 0 Å². The zero-order valence-corrected chi connectivity index (χ0v) is 7.63. The second kappa shape index (κ2) is 2.74. The molecule has 0 amide bonds. The largest absolute Gasteiger partial charge is 0.504 e. The molecular formula is C7H7N3O2S. The first-order chi connectivity index (χ1) is 6.24. The zero-order chi connectivity index (χ0) is 9.42. The van der Waals surface area contributed by atoms with Gasteiger partial charge in [-0.2, -0.15) is 8.75 Å². The summed E-state index contributed by atoms with van der Waals surface area (Å²) < 4.78 is 12.9. The predicted octanol–water partition coefficient (Wildman–Crippen LogP) is 0.988. The van der Waals surface area contributed by atoms with Crippen molar-refractivity contribution in [3.05, 3.63) is 6.07 Å². The molecule has 6 heteroatoms. The Hall–Kier alpha value is -1.56. The number of nitrogens with zero attached hydrogens (tertiary/aromatic N) is 2. The van der Waals surface area contributed by atoms with Crippen molar-refractivity contribution < 1.29 is 9.84 Å². The summed E-state index contributed by atoms with van der Waals surface area (Å²) in [6.07, 6.45) is 0. The lowest BCUT2D eigenvalue weighted by Crippen LogP contribution is -1.90. The van der Waals surface area contributed by atoms with Gasteiger partial charge in [-0.15, -0.1) is 0 Å². The van der Waals surface area contributed by atoms with Gasteiger partial charge in [-0.1, -0.05) is 0 Å². The Bertz CT molecular complexity index is 454. The summed E-state index contributed by atoms with van der Waals surface area (Å²) in [6.45, 7) is 0. The van der Waals surface area contributed by atoms with Crippen molar-refractivity contribution in [2.75, 3.05) is 12.8 Å². The van der Waals surface area contributed by atoms with Gasteiger partial charge in [0.1, 0.15) is 5.75 Å². The van der Waals surface area contributed by atoms with Crippen molar-refractivity contribution in [1.29, 1.82) is 0 Å². The number of rotatable bonds is 1. The predicted molar refractivity (Wildman–Crippen MR) is 50.0 cm³/mol. The van der Waals surface area contributed by atoms with E-state index in [1.807, 2.05) is 0 Å². The Balaban J connectivity index is 2.87. The number of aromatic nitrogens is 2. The Morgan fingerprint density at radius 1 is 1.46 bits per heavy atom. The Morgan fingerprint density at radius 2 is 2.15 bits per heavy atom. The molecule has 0 unspecified atom stereocenters. The highest BCUT2D eigenvalue weighted by atomic mass is 32.1. The van der Waals surface area contributed by atoms with Crippen LogP contribution in [0.1, 0.15) is 0 Å². The van der Waals surface area contributed by atoms with Crippen LogP contribution < -0.4 is 10.5 Å². The van der Waals surface area contributed by atoms with Crippen molar-refractivity contribution in [3.8, 4) is 11.5 Å². The summed E-state index contributed by atoms with van der Waals surface area (Å²) in [7, 11) is 1.52. The van der Waals surface area contributed by atoms with Crippen molar-refractivity contribution in [1.82, 2.24) is 8.75 Å². The standard InChI is InChI=1S/C7H7N3O2S/c1-12-4-2-3(8)7(11)6-5(4)9-13-10-6/h2,11H,8H2,1H3. The normalized spacial score (nSPS) is 10.5. The molecule has 3 N–H and O–H groups in total. The lowest BCUT2D eigenvalue weighted by Gasteiger charge is -2.03. The minimum Gasteiger partial charge on any atom is -0.504 e. The van der Waals surface area contributed by atoms with Gasteiger partial charge in [-0.05, 0) is 0 Å². The molecule has 0 atom stereocenters. The van der Waals surface area contributed by atoms with Gasteiger partial charge in [0, 0.05) is 6.07 Å². The Morgan fingerprint density at radius 3 is 2.85 bits per heavy atom. The number of benzene rings is 1. The van der Waals surface area contributed by atoms with Crippen LogP contribution in [0.3, 0.4) is 0 Å². The number of ether oxygens (including phenoxy) is 1.